The van der Waals surface area contributed by atoms with Crippen LogP contribution in [0.2, 0.25) is 0 Å². The molecule has 2 rings (SSSR count). The molecule has 0 saturated heterocycles. The minimum atomic E-state index is -0.295. The molecule has 0 spiro atoms. The Hall–Kier alpha value is -0.960. The van der Waals surface area contributed by atoms with Crippen LogP contribution >= 0.6 is 0 Å². The van der Waals surface area contributed by atoms with E-state index in [-0.39, 0.29) is 11.9 Å². The van der Waals surface area contributed by atoms with Crippen molar-refractivity contribution in [3.8, 4) is 0 Å². The summed E-state index contributed by atoms with van der Waals surface area (Å²) in [5.41, 5.74) is 7.13. The molecule has 1 aromatic rings. The fraction of sp³-hybridized carbons (Fsp3) is 0.643. The van der Waals surface area contributed by atoms with Gasteiger partial charge in [0, 0.05) is 0 Å². The third-order valence-electron chi connectivity index (χ3n) is 4.05. The van der Waals surface area contributed by atoms with Gasteiger partial charge >= 0.3 is 0 Å². The first-order valence-electron chi connectivity index (χ1n) is 6.59. The number of nitrogens with zero attached hydrogens (tertiary/aromatic N) is 1. The molecule has 94 valence electrons. The molecule has 1 heterocycles. The second-order valence-electron chi connectivity index (χ2n) is 5.04. The van der Waals surface area contributed by atoms with Gasteiger partial charge in [-0.2, -0.15) is 0 Å². The molecule has 2 N–H and O–H groups in total. The Morgan fingerprint density at radius 1 is 1.41 bits per heavy atom. The van der Waals surface area contributed by atoms with E-state index in [1.54, 1.807) is 6.07 Å². The molecule has 1 aliphatic carbocycles. The Morgan fingerprint density at radius 3 is 2.82 bits per heavy atom. The van der Waals surface area contributed by atoms with Crippen LogP contribution in [0.3, 0.4) is 0 Å². The summed E-state index contributed by atoms with van der Waals surface area (Å²) in [6, 6.07) is 3.13. The first-order chi connectivity index (χ1) is 8.22. The number of hydrogen-bond acceptors (Lipinski definition) is 2. The van der Waals surface area contributed by atoms with Crippen molar-refractivity contribution in [1.82, 2.24) is 4.98 Å². The number of aromatic nitrogens is 1. The lowest BCUT2D eigenvalue weighted by molar-refractivity contribution is 0.194. The smallest absolute Gasteiger partial charge is 0.141 e. The van der Waals surface area contributed by atoms with Gasteiger partial charge in [0.2, 0.25) is 0 Å². The van der Waals surface area contributed by atoms with E-state index in [9.17, 15) is 4.39 Å². The zero-order valence-electron chi connectivity index (χ0n) is 10.4. The van der Waals surface area contributed by atoms with Crippen molar-refractivity contribution < 1.29 is 4.39 Å². The van der Waals surface area contributed by atoms with E-state index < -0.39 is 0 Å². The van der Waals surface area contributed by atoms with Gasteiger partial charge in [-0.05, 0) is 30.4 Å². The quantitative estimate of drug-likeness (QED) is 0.873. The van der Waals surface area contributed by atoms with Gasteiger partial charge in [-0.15, -0.1) is 0 Å². The SMILES string of the molecule is CCC1CCCCC1C(N)c1ccc(F)cn1. The van der Waals surface area contributed by atoms with Crippen molar-refractivity contribution in [3.05, 3.63) is 29.8 Å². The monoisotopic (exact) mass is 236 g/mol. The van der Waals surface area contributed by atoms with Crippen LogP contribution in [0.1, 0.15) is 50.8 Å². The zero-order chi connectivity index (χ0) is 12.3. The Balaban J connectivity index is 2.12. The molecule has 0 radical (unpaired) electrons. The first kappa shape index (κ1) is 12.5. The molecule has 0 aliphatic heterocycles. The Bertz CT molecular complexity index is 350. The molecule has 1 aromatic heterocycles. The van der Waals surface area contributed by atoms with E-state index >= 15 is 0 Å². The average molecular weight is 236 g/mol. The molecule has 1 fully saturated rings. The van der Waals surface area contributed by atoms with Crippen molar-refractivity contribution in [2.45, 2.75) is 45.1 Å². The Morgan fingerprint density at radius 2 is 2.18 bits per heavy atom. The van der Waals surface area contributed by atoms with Crippen molar-refractivity contribution in [2.24, 2.45) is 17.6 Å². The summed E-state index contributed by atoms with van der Waals surface area (Å²) in [6.45, 7) is 2.23. The summed E-state index contributed by atoms with van der Waals surface area (Å²) in [4.78, 5) is 4.12. The zero-order valence-corrected chi connectivity index (χ0v) is 10.4. The summed E-state index contributed by atoms with van der Waals surface area (Å²) >= 11 is 0. The molecular formula is C14H21FN2. The van der Waals surface area contributed by atoms with Gasteiger partial charge in [-0.25, -0.2) is 4.39 Å². The summed E-state index contributed by atoms with van der Waals surface area (Å²) < 4.78 is 12.8. The number of rotatable bonds is 3. The van der Waals surface area contributed by atoms with Crippen molar-refractivity contribution >= 4 is 0 Å². The van der Waals surface area contributed by atoms with Crippen LogP contribution in [0, 0.1) is 17.7 Å². The van der Waals surface area contributed by atoms with Crippen molar-refractivity contribution in [3.63, 3.8) is 0 Å². The van der Waals surface area contributed by atoms with Crippen LogP contribution < -0.4 is 5.73 Å². The molecule has 3 atom stereocenters. The van der Waals surface area contributed by atoms with Gasteiger partial charge in [0.15, 0.2) is 0 Å². The highest BCUT2D eigenvalue weighted by Crippen LogP contribution is 2.38. The topological polar surface area (TPSA) is 38.9 Å². The molecular weight excluding hydrogens is 215 g/mol. The highest BCUT2D eigenvalue weighted by molar-refractivity contribution is 5.11. The summed E-state index contributed by atoms with van der Waals surface area (Å²) in [7, 11) is 0. The molecule has 17 heavy (non-hydrogen) atoms. The first-order valence-corrected chi connectivity index (χ1v) is 6.59. The second kappa shape index (κ2) is 5.58. The lowest BCUT2D eigenvalue weighted by Gasteiger charge is -2.34. The highest BCUT2D eigenvalue weighted by atomic mass is 19.1. The number of halogens is 1. The third-order valence-corrected chi connectivity index (χ3v) is 4.05. The van der Waals surface area contributed by atoms with E-state index in [0.717, 1.165) is 5.69 Å². The highest BCUT2D eigenvalue weighted by Gasteiger charge is 2.30. The van der Waals surface area contributed by atoms with Gasteiger partial charge in [0.25, 0.3) is 0 Å². The Labute approximate surface area is 102 Å². The summed E-state index contributed by atoms with van der Waals surface area (Å²) in [6.07, 6.45) is 7.47. The van der Waals surface area contributed by atoms with Crippen LogP contribution in [-0.4, -0.2) is 4.98 Å². The third kappa shape index (κ3) is 2.83. The summed E-state index contributed by atoms with van der Waals surface area (Å²) in [5.74, 6) is 0.911. The molecule has 2 nitrogen and oxygen atoms in total. The molecule has 0 bridgehead atoms. The minimum absolute atomic E-state index is 0.0409. The van der Waals surface area contributed by atoms with E-state index in [0.29, 0.717) is 11.8 Å². The lowest BCUT2D eigenvalue weighted by atomic mass is 9.73. The van der Waals surface area contributed by atoms with Crippen LogP contribution in [0.5, 0.6) is 0 Å². The van der Waals surface area contributed by atoms with E-state index in [2.05, 4.69) is 11.9 Å². The maximum atomic E-state index is 12.8. The van der Waals surface area contributed by atoms with Crippen LogP contribution in [0.25, 0.3) is 0 Å². The average Bonchev–Trinajstić information content (AvgIpc) is 2.39. The van der Waals surface area contributed by atoms with E-state index in [1.165, 1.54) is 44.4 Å². The predicted molar refractivity (Wildman–Crippen MR) is 66.9 cm³/mol. The van der Waals surface area contributed by atoms with Crippen LogP contribution in [0.15, 0.2) is 18.3 Å². The van der Waals surface area contributed by atoms with Crippen LogP contribution in [0.4, 0.5) is 4.39 Å². The van der Waals surface area contributed by atoms with Gasteiger partial charge in [-0.3, -0.25) is 4.98 Å². The fourth-order valence-corrected chi connectivity index (χ4v) is 3.02. The Kier molecular flexibility index (Phi) is 4.11. The molecule has 1 aliphatic rings. The molecule has 0 amide bonds. The van der Waals surface area contributed by atoms with Crippen molar-refractivity contribution in [2.75, 3.05) is 0 Å². The number of hydrogen-bond donors (Lipinski definition) is 1. The van der Waals surface area contributed by atoms with Crippen LogP contribution in [-0.2, 0) is 0 Å². The van der Waals surface area contributed by atoms with E-state index in [1.807, 2.05) is 0 Å². The summed E-state index contributed by atoms with van der Waals surface area (Å²) in [5, 5.41) is 0. The van der Waals surface area contributed by atoms with E-state index in [4.69, 9.17) is 5.73 Å². The van der Waals surface area contributed by atoms with Gasteiger partial charge in [-0.1, -0.05) is 32.6 Å². The standard InChI is InChI=1S/C14H21FN2/c1-2-10-5-3-4-6-12(10)14(16)13-8-7-11(15)9-17-13/h7-10,12,14H,2-6,16H2,1H3. The van der Waals surface area contributed by atoms with Gasteiger partial charge in [0.1, 0.15) is 5.82 Å². The largest absolute Gasteiger partial charge is 0.322 e. The normalized spacial score (nSPS) is 26.8. The maximum absolute atomic E-state index is 12.8. The molecule has 3 unspecified atom stereocenters. The molecule has 1 saturated carbocycles. The second-order valence-corrected chi connectivity index (χ2v) is 5.04. The predicted octanol–water partition coefficient (Wildman–Crippen LogP) is 3.44. The van der Waals surface area contributed by atoms with Gasteiger partial charge in [0.05, 0.1) is 17.9 Å². The molecule has 3 heteroatoms. The number of pyridine rings is 1. The molecule has 0 aromatic carbocycles. The van der Waals surface area contributed by atoms with Gasteiger partial charge < -0.3 is 5.73 Å². The fourth-order valence-electron chi connectivity index (χ4n) is 3.02. The lowest BCUT2D eigenvalue weighted by Crippen LogP contribution is -2.31. The maximum Gasteiger partial charge on any atom is 0.141 e. The van der Waals surface area contributed by atoms with Crippen molar-refractivity contribution in [1.29, 1.82) is 0 Å². The minimum Gasteiger partial charge on any atom is -0.322 e. The number of nitrogens with two attached hydrogens (primary N) is 1.